The minimum atomic E-state index is -0.301. The van der Waals surface area contributed by atoms with E-state index in [1.54, 1.807) is 11.0 Å². The second kappa shape index (κ2) is 5.59. The number of nitrogens with two attached hydrogens (primary N) is 1. The van der Waals surface area contributed by atoms with Gasteiger partial charge in [-0.15, -0.1) is 0 Å². The van der Waals surface area contributed by atoms with Crippen LogP contribution in [0, 0.1) is 6.92 Å². The lowest BCUT2D eigenvalue weighted by molar-refractivity contribution is 0.0806. The lowest BCUT2D eigenvalue weighted by Gasteiger charge is -2.32. The number of nitrogens with zero attached hydrogens (tertiary/aromatic N) is 1. The van der Waals surface area contributed by atoms with Crippen LogP contribution in [-0.2, 0) is 4.74 Å². The van der Waals surface area contributed by atoms with Crippen molar-refractivity contribution in [3.63, 3.8) is 0 Å². The van der Waals surface area contributed by atoms with E-state index in [1.807, 2.05) is 19.1 Å². The Hall–Kier alpha value is -1.26. The molecule has 1 amide bonds. The summed E-state index contributed by atoms with van der Waals surface area (Å²) in [5.74, 6) is 0. The molecule has 0 bridgehead atoms. The number of rotatable bonds is 3. The van der Waals surface area contributed by atoms with Gasteiger partial charge in [-0.3, -0.25) is 4.90 Å². The van der Waals surface area contributed by atoms with E-state index < -0.39 is 0 Å². The molecule has 18 heavy (non-hydrogen) atoms. The Morgan fingerprint density at radius 3 is 2.94 bits per heavy atom. The fourth-order valence-electron chi connectivity index (χ4n) is 2.16. The van der Waals surface area contributed by atoms with Gasteiger partial charge in [0.1, 0.15) is 6.10 Å². The number of amides is 1. The van der Waals surface area contributed by atoms with E-state index in [0.29, 0.717) is 18.1 Å². The van der Waals surface area contributed by atoms with Gasteiger partial charge in [0, 0.05) is 18.0 Å². The van der Waals surface area contributed by atoms with E-state index in [9.17, 15) is 4.79 Å². The Morgan fingerprint density at radius 1 is 1.56 bits per heavy atom. The third kappa shape index (κ3) is 2.76. The Bertz CT molecular complexity index is 451. The fourth-order valence-corrected chi connectivity index (χ4v) is 2.39. The Kier molecular flexibility index (Phi) is 4.09. The quantitative estimate of drug-likeness (QED) is 0.917. The number of carbonyl (C=O) groups is 1. The highest BCUT2D eigenvalue weighted by atomic mass is 35.5. The van der Waals surface area contributed by atoms with Gasteiger partial charge in [-0.05, 0) is 43.7 Å². The molecule has 98 valence electrons. The predicted molar refractivity (Wildman–Crippen MR) is 72.1 cm³/mol. The smallest absolute Gasteiger partial charge is 0.414 e. The highest BCUT2D eigenvalue weighted by molar-refractivity contribution is 6.30. The van der Waals surface area contributed by atoms with Gasteiger partial charge in [0.05, 0.1) is 5.69 Å². The number of hydrogen-bond acceptors (Lipinski definition) is 3. The number of anilines is 1. The molecule has 1 fully saturated rings. The monoisotopic (exact) mass is 268 g/mol. The SMILES string of the molecule is Cc1cc(Cl)ccc1N1CCC(CCN)OC1=O. The van der Waals surface area contributed by atoms with Crippen LogP contribution in [0.1, 0.15) is 18.4 Å². The molecule has 0 spiro atoms. The first-order chi connectivity index (χ1) is 8.61. The van der Waals surface area contributed by atoms with E-state index in [0.717, 1.165) is 24.1 Å². The summed E-state index contributed by atoms with van der Waals surface area (Å²) < 4.78 is 5.35. The first-order valence-corrected chi connectivity index (χ1v) is 6.44. The highest BCUT2D eigenvalue weighted by Gasteiger charge is 2.28. The minimum absolute atomic E-state index is 0.0497. The molecule has 1 saturated heterocycles. The van der Waals surface area contributed by atoms with Gasteiger partial charge in [-0.25, -0.2) is 4.79 Å². The lowest BCUT2D eigenvalue weighted by Crippen LogP contribution is -2.43. The maximum atomic E-state index is 11.9. The van der Waals surface area contributed by atoms with Gasteiger partial charge < -0.3 is 10.5 Å². The molecule has 1 unspecified atom stereocenters. The van der Waals surface area contributed by atoms with Gasteiger partial charge >= 0.3 is 6.09 Å². The Balaban J connectivity index is 2.13. The molecule has 1 aromatic rings. The van der Waals surface area contributed by atoms with Crippen LogP contribution in [0.2, 0.25) is 5.02 Å². The molecule has 1 atom stereocenters. The summed E-state index contributed by atoms with van der Waals surface area (Å²) in [5.41, 5.74) is 7.30. The van der Waals surface area contributed by atoms with Crippen molar-refractivity contribution in [3.05, 3.63) is 28.8 Å². The Morgan fingerprint density at radius 2 is 2.33 bits per heavy atom. The van der Waals surface area contributed by atoms with Crippen LogP contribution in [0.4, 0.5) is 10.5 Å². The zero-order valence-electron chi connectivity index (χ0n) is 10.4. The van der Waals surface area contributed by atoms with Crippen molar-refractivity contribution in [2.24, 2.45) is 5.73 Å². The summed E-state index contributed by atoms with van der Waals surface area (Å²) in [4.78, 5) is 13.6. The van der Waals surface area contributed by atoms with Crippen molar-refractivity contribution in [3.8, 4) is 0 Å². The zero-order chi connectivity index (χ0) is 13.1. The molecule has 0 aromatic heterocycles. The van der Waals surface area contributed by atoms with Gasteiger partial charge in [0.15, 0.2) is 0 Å². The number of aryl methyl sites for hydroxylation is 1. The van der Waals surface area contributed by atoms with Gasteiger partial charge in [0.2, 0.25) is 0 Å². The van der Waals surface area contributed by atoms with E-state index >= 15 is 0 Å². The lowest BCUT2D eigenvalue weighted by atomic mass is 10.1. The summed E-state index contributed by atoms with van der Waals surface area (Å²) in [6.07, 6.45) is 1.18. The van der Waals surface area contributed by atoms with E-state index in [4.69, 9.17) is 22.1 Å². The van der Waals surface area contributed by atoms with Crippen LogP contribution in [0.15, 0.2) is 18.2 Å². The Labute approximate surface area is 112 Å². The molecule has 1 aliphatic heterocycles. The molecule has 2 rings (SSSR count). The van der Waals surface area contributed by atoms with Crippen molar-refractivity contribution < 1.29 is 9.53 Å². The molecule has 4 nitrogen and oxygen atoms in total. The maximum absolute atomic E-state index is 11.9. The normalized spacial score (nSPS) is 19.8. The number of ether oxygens (including phenoxy) is 1. The molecule has 5 heteroatoms. The van der Waals surface area contributed by atoms with Crippen molar-refractivity contribution in [1.82, 2.24) is 0 Å². The fraction of sp³-hybridized carbons (Fsp3) is 0.462. The van der Waals surface area contributed by atoms with Crippen LogP contribution in [0.25, 0.3) is 0 Å². The van der Waals surface area contributed by atoms with Gasteiger partial charge in [-0.1, -0.05) is 11.6 Å². The number of cyclic esters (lactones) is 1. The molecular weight excluding hydrogens is 252 g/mol. The first-order valence-electron chi connectivity index (χ1n) is 6.06. The minimum Gasteiger partial charge on any atom is -0.446 e. The van der Waals surface area contributed by atoms with Crippen molar-refractivity contribution in [2.75, 3.05) is 18.0 Å². The molecule has 1 aromatic carbocycles. The number of benzene rings is 1. The molecule has 1 aliphatic rings. The zero-order valence-corrected chi connectivity index (χ0v) is 11.1. The maximum Gasteiger partial charge on any atom is 0.414 e. The molecule has 0 radical (unpaired) electrons. The van der Waals surface area contributed by atoms with Gasteiger partial charge in [-0.2, -0.15) is 0 Å². The summed E-state index contributed by atoms with van der Waals surface area (Å²) in [5, 5.41) is 0.669. The summed E-state index contributed by atoms with van der Waals surface area (Å²) in [6.45, 7) is 3.13. The van der Waals surface area contributed by atoms with Crippen molar-refractivity contribution in [1.29, 1.82) is 0 Å². The van der Waals surface area contributed by atoms with Crippen LogP contribution in [0.5, 0.6) is 0 Å². The average molecular weight is 269 g/mol. The molecule has 0 aliphatic carbocycles. The largest absolute Gasteiger partial charge is 0.446 e. The number of carbonyl (C=O) groups excluding carboxylic acids is 1. The molecule has 1 heterocycles. The van der Waals surface area contributed by atoms with Crippen LogP contribution < -0.4 is 10.6 Å². The van der Waals surface area contributed by atoms with Crippen molar-refractivity contribution >= 4 is 23.4 Å². The third-order valence-electron chi connectivity index (χ3n) is 3.10. The second-order valence-corrected chi connectivity index (χ2v) is 4.89. The number of hydrogen-bond donors (Lipinski definition) is 1. The standard InChI is InChI=1S/C13H17ClN2O2/c1-9-8-10(14)2-3-12(9)16-7-5-11(4-6-15)18-13(16)17/h2-3,8,11H,4-7,15H2,1H3. The van der Waals surface area contributed by atoms with E-state index in [1.165, 1.54) is 0 Å². The summed E-state index contributed by atoms with van der Waals surface area (Å²) in [7, 11) is 0. The molecule has 2 N–H and O–H groups in total. The highest BCUT2D eigenvalue weighted by Crippen LogP contribution is 2.27. The van der Waals surface area contributed by atoms with E-state index in [-0.39, 0.29) is 12.2 Å². The van der Waals surface area contributed by atoms with E-state index in [2.05, 4.69) is 0 Å². The number of halogens is 1. The van der Waals surface area contributed by atoms with Crippen molar-refractivity contribution in [2.45, 2.75) is 25.9 Å². The second-order valence-electron chi connectivity index (χ2n) is 4.45. The summed E-state index contributed by atoms with van der Waals surface area (Å²) in [6, 6.07) is 5.47. The topological polar surface area (TPSA) is 55.6 Å². The molecular formula is C13H17ClN2O2. The van der Waals surface area contributed by atoms with Gasteiger partial charge in [0.25, 0.3) is 0 Å². The third-order valence-corrected chi connectivity index (χ3v) is 3.34. The van der Waals surface area contributed by atoms with Crippen LogP contribution >= 0.6 is 11.6 Å². The molecule has 0 saturated carbocycles. The summed E-state index contributed by atoms with van der Waals surface area (Å²) >= 11 is 5.91. The predicted octanol–water partition coefficient (Wildman–Crippen LogP) is 2.71. The van der Waals surface area contributed by atoms with Crippen LogP contribution in [-0.4, -0.2) is 25.3 Å². The first kappa shape index (κ1) is 13.2. The van der Waals surface area contributed by atoms with Crippen LogP contribution in [0.3, 0.4) is 0 Å². The average Bonchev–Trinajstić information content (AvgIpc) is 2.31.